The number of benzene rings is 2. The van der Waals surface area contributed by atoms with Crippen molar-refractivity contribution in [3.63, 3.8) is 0 Å². The van der Waals surface area contributed by atoms with E-state index in [0.717, 1.165) is 5.56 Å². The van der Waals surface area contributed by atoms with Gasteiger partial charge in [0.25, 0.3) is 0 Å². The number of aryl methyl sites for hydroxylation is 1. The Labute approximate surface area is 123 Å². The summed E-state index contributed by atoms with van der Waals surface area (Å²) in [5, 5.41) is 0. The fraction of sp³-hybridized carbons (Fsp3) is 0.133. The van der Waals surface area contributed by atoms with Gasteiger partial charge in [0.05, 0.1) is 16.9 Å². The second-order valence-electron chi connectivity index (χ2n) is 4.71. The Hall–Kier alpha value is -2.01. The quantitative estimate of drug-likeness (QED) is 0.638. The molecule has 1 aromatic heterocycles. The largest absolute Gasteiger partial charge is 0.290 e. The van der Waals surface area contributed by atoms with E-state index >= 15 is 0 Å². The summed E-state index contributed by atoms with van der Waals surface area (Å²) in [6.07, 6.45) is 0. The molecule has 0 saturated heterocycles. The minimum absolute atomic E-state index is 0.0238. The smallest absolute Gasteiger partial charge is 0.153 e. The predicted octanol–water partition coefficient (Wildman–Crippen LogP) is 4.49. The summed E-state index contributed by atoms with van der Waals surface area (Å²) in [5.74, 6) is -2.70. The van der Waals surface area contributed by atoms with Gasteiger partial charge in [0.15, 0.2) is 11.6 Å². The highest BCUT2D eigenvalue weighted by Crippen LogP contribution is 2.27. The van der Waals surface area contributed by atoms with E-state index in [1.807, 2.05) is 13.0 Å². The molecule has 108 valence electrons. The number of hydrogen-bond donors (Lipinski definition) is 0. The second-order valence-corrected chi connectivity index (χ2v) is 4.97. The molecule has 0 fully saturated rings. The van der Waals surface area contributed by atoms with Crippen molar-refractivity contribution in [2.75, 3.05) is 0 Å². The first-order valence-electron chi connectivity index (χ1n) is 6.20. The molecule has 21 heavy (non-hydrogen) atoms. The zero-order chi connectivity index (χ0) is 15.1. The first-order chi connectivity index (χ1) is 10.0. The number of alkyl halides is 1. The van der Waals surface area contributed by atoms with Gasteiger partial charge in [0.1, 0.15) is 17.3 Å². The van der Waals surface area contributed by atoms with E-state index in [4.69, 9.17) is 11.6 Å². The highest BCUT2D eigenvalue weighted by Gasteiger charge is 2.19. The Bertz CT molecular complexity index is 819. The lowest BCUT2D eigenvalue weighted by Crippen LogP contribution is -2.06. The number of nitrogens with zero attached hydrogens (tertiary/aromatic N) is 2. The van der Waals surface area contributed by atoms with Gasteiger partial charge in [-0.2, -0.15) is 0 Å². The van der Waals surface area contributed by atoms with E-state index in [1.165, 1.54) is 4.57 Å². The number of aromatic nitrogens is 2. The van der Waals surface area contributed by atoms with Crippen LogP contribution in [-0.4, -0.2) is 9.55 Å². The third-order valence-corrected chi connectivity index (χ3v) is 3.44. The van der Waals surface area contributed by atoms with Crippen LogP contribution in [0.25, 0.3) is 16.7 Å². The SMILES string of the molecule is Cc1ccc2nc(CCl)n(-c3c(F)cc(F)cc3F)c2c1. The van der Waals surface area contributed by atoms with Crippen LogP contribution in [0.1, 0.15) is 11.4 Å². The molecule has 0 radical (unpaired) electrons. The fourth-order valence-electron chi connectivity index (χ4n) is 2.32. The van der Waals surface area contributed by atoms with Crippen LogP contribution in [0, 0.1) is 24.4 Å². The van der Waals surface area contributed by atoms with Gasteiger partial charge in [-0.1, -0.05) is 6.07 Å². The zero-order valence-electron chi connectivity index (χ0n) is 11.0. The van der Waals surface area contributed by atoms with Gasteiger partial charge in [-0.15, -0.1) is 11.6 Å². The van der Waals surface area contributed by atoms with E-state index in [1.54, 1.807) is 12.1 Å². The molecular formula is C15H10ClF3N2. The monoisotopic (exact) mass is 310 g/mol. The van der Waals surface area contributed by atoms with Gasteiger partial charge in [-0.25, -0.2) is 18.2 Å². The molecule has 2 nitrogen and oxygen atoms in total. The number of fused-ring (bicyclic) bond motifs is 1. The topological polar surface area (TPSA) is 17.8 Å². The maximum Gasteiger partial charge on any atom is 0.153 e. The van der Waals surface area contributed by atoms with Crippen molar-refractivity contribution in [3.05, 3.63) is 59.2 Å². The van der Waals surface area contributed by atoms with Crippen molar-refractivity contribution in [2.45, 2.75) is 12.8 Å². The Kier molecular flexibility index (Phi) is 3.37. The average molecular weight is 311 g/mol. The molecule has 0 unspecified atom stereocenters. The molecular weight excluding hydrogens is 301 g/mol. The summed E-state index contributed by atoms with van der Waals surface area (Å²) in [6, 6.07) is 6.61. The predicted molar refractivity (Wildman–Crippen MR) is 75.2 cm³/mol. The van der Waals surface area contributed by atoms with E-state index in [9.17, 15) is 13.2 Å². The first-order valence-corrected chi connectivity index (χ1v) is 6.73. The molecule has 0 aliphatic carbocycles. The van der Waals surface area contributed by atoms with Gasteiger partial charge >= 0.3 is 0 Å². The van der Waals surface area contributed by atoms with Gasteiger partial charge in [0, 0.05) is 12.1 Å². The van der Waals surface area contributed by atoms with Crippen molar-refractivity contribution < 1.29 is 13.2 Å². The molecule has 1 heterocycles. The third kappa shape index (κ3) is 2.27. The summed E-state index contributed by atoms with van der Waals surface area (Å²) in [4.78, 5) is 4.26. The number of imidazole rings is 1. The fourth-order valence-corrected chi connectivity index (χ4v) is 2.50. The van der Waals surface area contributed by atoms with E-state index in [2.05, 4.69) is 4.98 Å². The minimum Gasteiger partial charge on any atom is -0.290 e. The van der Waals surface area contributed by atoms with Crippen LogP contribution in [0.15, 0.2) is 30.3 Å². The molecule has 3 rings (SSSR count). The average Bonchev–Trinajstić information content (AvgIpc) is 2.76. The van der Waals surface area contributed by atoms with Gasteiger partial charge < -0.3 is 0 Å². The molecule has 0 aliphatic heterocycles. The minimum atomic E-state index is -1.00. The van der Waals surface area contributed by atoms with Crippen molar-refractivity contribution in [3.8, 4) is 5.69 Å². The van der Waals surface area contributed by atoms with Crippen molar-refractivity contribution in [2.24, 2.45) is 0 Å². The van der Waals surface area contributed by atoms with Gasteiger partial charge in [0.2, 0.25) is 0 Å². The lowest BCUT2D eigenvalue weighted by atomic mass is 10.2. The molecule has 6 heteroatoms. The summed E-state index contributed by atoms with van der Waals surface area (Å²) < 4.78 is 42.5. The molecule has 0 amide bonds. The van der Waals surface area contributed by atoms with Crippen LogP contribution < -0.4 is 0 Å². The van der Waals surface area contributed by atoms with Crippen molar-refractivity contribution in [1.29, 1.82) is 0 Å². The Morgan fingerprint density at radius 2 is 1.76 bits per heavy atom. The highest BCUT2D eigenvalue weighted by molar-refractivity contribution is 6.17. The van der Waals surface area contributed by atoms with Crippen molar-refractivity contribution >= 4 is 22.6 Å². The van der Waals surface area contributed by atoms with Crippen molar-refractivity contribution in [1.82, 2.24) is 9.55 Å². The molecule has 0 spiro atoms. The van der Waals surface area contributed by atoms with Gasteiger partial charge in [-0.3, -0.25) is 4.57 Å². The maximum atomic E-state index is 14.0. The van der Waals surface area contributed by atoms with Crippen LogP contribution in [-0.2, 0) is 5.88 Å². The maximum absolute atomic E-state index is 14.0. The summed E-state index contributed by atoms with van der Waals surface area (Å²) in [7, 11) is 0. The Balaban J connectivity index is 2.41. The molecule has 0 N–H and O–H groups in total. The molecule has 2 aromatic carbocycles. The lowest BCUT2D eigenvalue weighted by molar-refractivity contribution is 0.534. The van der Waals surface area contributed by atoms with E-state index in [-0.39, 0.29) is 11.6 Å². The van der Waals surface area contributed by atoms with Gasteiger partial charge in [-0.05, 0) is 24.6 Å². The third-order valence-electron chi connectivity index (χ3n) is 3.20. The van der Waals surface area contributed by atoms with Crippen LogP contribution in [0.4, 0.5) is 13.2 Å². The van der Waals surface area contributed by atoms with Crippen LogP contribution >= 0.6 is 11.6 Å². The number of hydrogen-bond acceptors (Lipinski definition) is 1. The van der Waals surface area contributed by atoms with Crippen LogP contribution in [0.5, 0.6) is 0 Å². The van der Waals surface area contributed by atoms with E-state index in [0.29, 0.717) is 29.0 Å². The zero-order valence-corrected chi connectivity index (χ0v) is 11.8. The normalized spacial score (nSPS) is 11.3. The lowest BCUT2D eigenvalue weighted by Gasteiger charge is -2.10. The second kappa shape index (κ2) is 5.07. The Morgan fingerprint density at radius 3 is 2.38 bits per heavy atom. The molecule has 3 aromatic rings. The summed E-state index contributed by atoms with van der Waals surface area (Å²) >= 11 is 5.83. The number of halogens is 4. The number of rotatable bonds is 2. The van der Waals surface area contributed by atoms with E-state index < -0.39 is 17.5 Å². The highest BCUT2D eigenvalue weighted by atomic mass is 35.5. The first kappa shape index (κ1) is 13.9. The van der Waals surface area contributed by atoms with Crippen LogP contribution in [0.2, 0.25) is 0 Å². The molecule has 0 saturated carbocycles. The van der Waals surface area contributed by atoms with Crippen LogP contribution in [0.3, 0.4) is 0 Å². The molecule has 0 aliphatic rings. The molecule has 0 atom stereocenters. The Morgan fingerprint density at radius 1 is 1.10 bits per heavy atom. The molecule has 0 bridgehead atoms. The summed E-state index contributed by atoms with van der Waals surface area (Å²) in [5.41, 5.74) is 1.63. The summed E-state index contributed by atoms with van der Waals surface area (Å²) in [6.45, 7) is 1.86. The standard InChI is InChI=1S/C15H10ClF3N2/c1-8-2-3-12-13(4-8)21(14(7-16)20-12)15-10(18)5-9(17)6-11(15)19/h2-6H,7H2,1H3.